The molecule has 0 N–H and O–H groups in total. The van der Waals surface area contributed by atoms with Crippen LogP contribution in [0.4, 0.5) is 0 Å². The first kappa shape index (κ1) is 33.1. The lowest BCUT2D eigenvalue weighted by Gasteiger charge is -2.58. The summed E-state index contributed by atoms with van der Waals surface area (Å²) in [6.45, 7) is 14.9. The number of allylic oxidation sites excluding steroid dienone is 1. The normalized spacial score (nSPS) is 35.4. The smallest absolute Gasteiger partial charge is 0.306 e. The van der Waals surface area contributed by atoms with Gasteiger partial charge in [-0.15, -0.1) is 0 Å². The van der Waals surface area contributed by atoms with Crippen LogP contribution in [0.25, 0.3) is 0 Å². The molecule has 0 aromatic carbocycles. The van der Waals surface area contributed by atoms with Gasteiger partial charge >= 0.3 is 5.97 Å². The Morgan fingerprint density at radius 2 is 1.56 bits per heavy atom. The van der Waals surface area contributed by atoms with Gasteiger partial charge < -0.3 is 4.74 Å². The van der Waals surface area contributed by atoms with E-state index in [9.17, 15) is 4.79 Å². The second-order valence-corrected chi connectivity index (χ2v) is 16.2. The SMILES string of the molecule is CCCCCCCCCCC[13C](=O)O[C@H]1CC[C@@]2(C)C(=CC[C@H]3[C@@H]4CC[C@H]([C@H](C)CCCC(C)C)[C@@]4(C)CC[C@@H]32)C1. The van der Waals surface area contributed by atoms with E-state index in [0.29, 0.717) is 17.3 Å². The van der Waals surface area contributed by atoms with Crippen LogP contribution < -0.4 is 0 Å². The molecule has 8 atom stereocenters. The molecule has 0 spiro atoms. The van der Waals surface area contributed by atoms with Crippen LogP contribution in [0.15, 0.2) is 11.6 Å². The molecule has 0 heterocycles. The molecule has 0 radical (unpaired) electrons. The zero-order valence-electron chi connectivity index (χ0n) is 28.3. The molecule has 0 aromatic heterocycles. The van der Waals surface area contributed by atoms with Crippen LogP contribution in [-0.2, 0) is 9.53 Å². The van der Waals surface area contributed by atoms with E-state index in [1.54, 1.807) is 5.57 Å². The summed E-state index contributed by atoms with van der Waals surface area (Å²) in [7, 11) is 0. The van der Waals surface area contributed by atoms with E-state index in [1.807, 2.05) is 0 Å². The predicted molar refractivity (Wildman–Crippen MR) is 175 cm³/mol. The van der Waals surface area contributed by atoms with Crippen molar-refractivity contribution in [1.82, 2.24) is 0 Å². The van der Waals surface area contributed by atoms with E-state index in [4.69, 9.17) is 4.74 Å². The third-order valence-electron chi connectivity index (χ3n) is 13.0. The highest BCUT2D eigenvalue weighted by atomic mass is 16.6. The van der Waals surface area contributed by atoms with Crippen molar-refractivity contribution in [2.45, 2.75) is 182 Å². The highest BCUT2D eigenvalue weighted by molar-refractivity contribution is 5.69. The number of carbonyl (C=O) groups excluding carboxylic acids is 1. The van der Waals surface area contributed by atoms with Crippen molar-refractivity contribution in [2.24, 2.45) is 46.3 Å². The summed E-state index contributed by atoms with van der Waals surface area (Å²) in [5.41, 5.74) is 2.54. The predicted octanol–water partition coefficient (Wildman–Crippen LogP) is 11.9. The first-order chi connectivity index (χ1) is 19.7. The number of carbonyl (C=O) groups is 1. The number of fused-ring (bicyclic) bond motifs is 5. The van der Waals surface area contributed by atoms with Crippen LogP contribution in [0, 0.1) is 46.3 Å². The van der Waals surface area contributed by atoms with Crippen LogP contribution in [0.2, 0.25) is 0 Å². The lowest BCUT2D eigenvalue weighted by Crippen LogP contribution is -2.51. The summed E-state index contributed by atoms with van der Waals surface area (Å²) < 4.78 is 6.09. The molecule has 4 rings (SSSR count). The Morgan fingerprint density at radius 3 is 2.27 bits per heavy atom. The fourth-order valence-corrected chi connectivity index (χ4v) is 10.6. The Morgan fingerprint density at radius 1 is 0.854 bits per heavy atom. The number of ether oxygens (including phenoxy) is 1. The maximum Gasteiger partial charge on any atom is 0.306 e. The van der Waals surface area contributed by atoms with Crippen molar-refractivity contribution in [1.29, 1.82) is 0 Å². The highest BCUT2D eigenvalue weighted by Crippen LogP contribution is 2.67. The van der Waals surface area contributed by atoms with Gasteiger partial charge in [0.25, 0.3) is 0 Å². The number of hydrogen-bond acceptors (Lipinski definition) is 2. The second-order valence-electron chi connectivity index (χ2n) is 16.2. The standard InChI is InChI=1S/C39H68O2/c1-7-8-9-10-11-12-13-14-15-19-37(40)41-32-24-26-38(5)31(28-32)20-21-33-35-23-22-34(30(4)18-16-17-29(2)3)39(35,6)27-25-36(33)38/h20,29-30,32-36H,7-19,21-28H2,1-6H3/t30-,32+,33+,34-,35+,36+,38+,39-/m1/s1/i37+1. The maximum atomic E-state index is 12.7. The zero-order chi connectivity index (χ0) is 29.5. The summed E-state index contributed by atoms with van der Waals surface area (Å²) in [4.78, 5) is 12.7. The molecule has 0 aliphatic heterocycles. The van der Waals surface area contributed by atoms with Crippen molar-refractivity contribution >= 4 is 5.97 Å². The van der Waals surface area contributed by atoms with Gasteiger partial charge in [-0.2, -0.15) is 0 Å². The van der Waals surface area contributed by atoms with Crippen LogP contribution in [0.5, 0.6) is 0 Å². The minimum atomic E-state index is 0.0591. The molecular weight excluding hydrogens is 501 g/mol. The monoisotopic (exact) mass is 570 g/mol. The Hall–Kier alpha value is -0.790. The van der Waals surface area contributed by atoms with Gasteiger partial charge in [-0.1, -0.05) is 124 Å². The molecule has 236 valence electrons. The van der Waals surface area contributed by atoms with Crippen LogP contribution >= 0.6 is 0 Å². The molecule has 0 bridgehead atoms. The Bertz CT molecular complexity index is 843. The van der Waals surface area contributed by atoms with E-state index in [2.05, 4.69) is 47.6 Å². The van der Waals surface area contributed by atoms with Gasteiger partial charge in [-0.25, -0.2) is 0 Å². The van der Waals surface area contributed by atoms with Gasteiger partial charge in [0, 0.05) is 12.8 Å². The summed E-state index contributed by atoms with van der Waals surface area (Å²) in [5.74, 6) is 5.34. The average molecular weight is 570 g/mol. The number of hydrogen-bond donors (Lipinski definition) is 0. The summed E-state index contributed by atoms with van der Waals surface area (Å²) in [6, 6.07) is 0. The topological polar surface area (TPSA) is 26.3 Å². The number of unbranched alkanes of at least 4 members (excludes halogenated alkanes) is 8. The van der Waals surface area contributed by atoms with Crippen LogP contribution in [-0.4, -0.2) is 12.1 Å². The molecule has 0 saturated heterocycles. The molecular formula is C39H68O2. The van der Waals surface area contributed by atoms with Crippen LogP contribution in [0.3, 0.4) is 0 Å². The third kappa shape index (κ3) is 8.03. The molecule has 0 unspecified atom stereocenters. The van der Waals surface area contributed by atoms with E-state index >= 15 is 0 Å². The van der Waals surface area contributed by atoms with Gasteiger partial charge in [0.05, 0.1) is 0 Å². The van der Waals surface area contributed by atoms with Gasteiger partial charge in [0.1, 0.15) is 6.10 Å². The fraction of sp³-hybridized carbons (Fsp3) is 0.923. The highest BCUT2D eigenvalue weighted by Gasteiger charge is 2.59. The Kier molecular flexibility index (Phi) is 12.3. The Balaban J connectivity index is 1.24. The molecule has 41 heavy (non-hydrogen) atoms. The van der Waals surface area contributed by atoms with Gasteiger partial charge in [0.2, 0.25) is 0 Å². The van der Waals surface area contributed by atoms with E-state index in [-0.39, 0.29) is 12.1 Å². The quantitative estimate of drug-likeness (QED) is 0.0799. The summed E-state index contributed by atoms with van der Waals surface area (Å²) in [6.07, 6.45) is 29.6. The average Bonchev–Trinajstić information content (AvgIpc) is 3.29. The second kappa shape index (κ2) is 15.3. The summed E-state index contributed by atoms with van der Waals surface area (Å²) >= 11 is 0. The van der Waals surface area contributed by atoms with Crippen LogP contribution in [0.1, 0.15) is 176 Å². The zero-order valence-corrected chi connectivity index (χ0v) is 28.3. The molecule has 0 aromatic rings. The molecule has 4 aliphatic carbocycles. The van der Waals surface area contributed by atoms with Gasteiger partial charge in [0.15, 0.2) is 0 Å². The maximum absolute atomic E-state index is 12.7. The van der Waals surface area contributed by atoms with E-state index in [1.165, 1.54) is 109 Å². The lowest BCUT2D eigenvalue weighted by atomic mass is 9.47. The lowest BCUT2D eigenvalue weighted by molar-refractivity contribution is -0.151. The van der Waals surface area contributed by atoms with Crippen molar-refractivity contribution in [3.8, 4) is 0 Å². The Labute approximate surface area is 255 Å². The van der Waals surface area contributed by atoms with Crippen molar-refractivity contribution < 1.29 is 9.53 Å². The first-order valence-corrected chi connectivity index (χ1v) is 18.6. The number of rotatable bonds is 16. The van der Waals surface area contributed by atoms with Crippen molar-refractivity contribution in [3.63, 3.8) is 0 Å². The third-order valence-corrected chi connectivity index (χ3v) is 13.0. The van der Waals surface area contributed by atoms with E-state index in [0.717, 1.165) is 54.8 Å². The van der Waals surface area contributed by atoms with Crippen molar-refractivity contribution in [3.05, 3.63) is 11.6 Å². The largest absolute Gasteiger partial charge is 0.462 e. The minimum absolute atomic E-state index is 0.0591. The van der Waals surface area contributed by atoms with E-state index < -0.39 is 0 Å². The molecule has 3 fully saturated rings. The summed E-state index contributed by atoms with van der Waals surface area (Å²) in [5, 5.41) is 0. The molecule has 4 aliphatic rings. The number of esters is 1. The van der Waals surface area contributed by atoms with Crippen molar-refractivity contribution in [2.75, 3.05) is 0 Å². The van der Waals surface area contributed by atoms with Gasteiger partial charge in [-0.05, 0) is 97.7 Å². The molecule has 3 saturated carbocycles. The molecule has 2 heteroatoms. The molecule has 0 amide bonds. The molecule has 2 nitrogen and oxygen atoms in total. The van der Waals surface area contributed by atoms with Gasteiger partial charge in [-0.3, -0.25) is 4.79 Å². The first-order valence-electron chi connectivity index (χ1n) is 18.6. The fourth-order valence-electron chi connectivity index (χ4n) is 10.6. The minimum Gasteiger partial charge on any atom is -0.462 e.